The second-order valence-electron chi connectivity index (χ2n) is 5.23. The Morgan fingerprint density at radius 2 is 2.00 bits per heavy atom. The summed E-state index contributed by atoms with van der Waals surface area (Å²) in [7, 11) is 0. The highest BCUT2D eigenvalue weighted by molar-refractivity contribution is 6.32. The number of halogens is 2. The van der Waals surface area contributed by atoms with E-state index in [1.54, 1.807) is 13.0 Å². The van der Waals surface area contributed by atoms with E-state index in [1.807, 2.05) is 6.07 Å². The number of hydrogen-bond donors (Lipinski definition) is 1. The van der Waals surface area contributed by atoms with Gasteiger partial charge in [0.25, 0.3) is 5.91 Å². The summed E-state index contributed by atoms with van der Waals surface area (Å²) in [5.41, 5.74) is 1.86. The average Bonchev–Trinajstić information content (AvgIpc) is 2.97. The van der Waals surface area contributed by atoms with Gasteiger partial charge in [-0.3, -0.25) is 4.79 Å². The number of hydrogen-bond acceptors (Lipinski definition) is 4. The van der Waals surface area contributed by atoms with Crippen molar-refractivity contribution in [2.75, 3.05) is 5.32 Å². The normalized spacial score (nSPS) is 10.3. The Morgan fingerprint density at radius 1 is 1.28 bits per heavy atom. The van der Waals surface area contributed by atoms with Gasteiger partial charge < -0.3 is 9.84 Å². The van der Waals surface area contributed by atoms with Gasteiger partial charge in [0.2, 0.25) is 0 Å². The number of carbonyl (C=O) groups excluding carboxylic acids is 1. The molecule has 1 amide bonds. The average molecular weight is 356 g/mol. The van der Waals surface area contributed by atoms with E-state index < -0.39 is 5.91 Å². The summed E-state index contributed by atoms with van der Waals surface area (Å²) in [6.45, 7) is 1.61. The fourth-order valence-corrected chi connectivity index (χ4v) is 2.54. The van der Waals surface area contributed by atoms with Gasteiger partial charge in [0.1, 0.15) is 28.9 Å². The predicted molar refractivity (Wildman–Crippen MR) is 90.8 cm³/mol. The molecule has 0 aliphatic carbocycles. The Labute approximate surface area is 147 Å². The van der Waals surface area contributed by atoms with E-state index in [1.165, 1.54) is 36.4 Å². The third-order valence-corrected chi connectivity index (χ3v) is 3.87. The summed E-state index contributed by atoms with van der Waals surface area (Å²) >= 11 is 5.97. The van der Waals surface area contributed by atoms with E-state index in [4.69, 9.17) is 21.4 Å². The molecule has 5 nitrogen and oxygen atoms in total. The van der Waals surface area contributed by atoms with Crippen LogP contribution in [-0.2, 0) is 0 Å². The molecule has 0 radical (unpaired) electrons. The monoisotopic (exact) mass is 355 g/mol. The smallest absolute Gasteiger partial charge is 0.261 e. The summed E-state index contributed by atoms with van der Waals surface area (Å²) < 4.78 is 18.2. The van der Waals surface area contributed by atoms with Crippen molar-refractivity contribution in [2.45, 2.75) is 6.92 Å². The molecule has 1 heterocycles. The first-order chi connectivity index (χ1) is 12.0. The standard InChI is InChI=1S/C18H11ClFN3O2/c1-10-16(17(23-25-10)11-2-5-13(20)6-3-11)18(24)22-14-7-4-12(9-21)15(19)8-14/h2-8H,1H3,(H,22,24). The van der Waals surface area contributed by atoms with Crippen LogP contribution in [0.5, 0.6) is 0 Å². The summed E-state index contributed by atoms with van der Waals surface area (Å²) in [5.74, 6) is -0.502. The van der Waals surface area contributed by atoms with E-state index in [2.05, 4.69) is 10.5 Å². The molecule has 0 fully saturated rings. The summed E-state index contributed by atoms with van der Waals surface area (Å²) in [5, 5.41) is 15.7. The van der Waals surface area contributed by atoms with Crippen molar-refractivity contribution in [3.05, 3.63) is 70.2 Å². The van der Waals surface area contributed by atoms with Crippen LogP contribution in [0.2, 0.25) is 5.02 Å². The molecule has 0 unspecified atom stereocenters. The minimum absolute atomic E-state index is 0.237. The zero-order valence-corrected chi connectivity index (χ0v) is 13.8. The van der Waals surface area contributed by atoms with Crippen molar-refractivity contribution in [1.82, 2.24) is 5.16 Å². The van der Waals surface area contributed by atoms with Gasteiger partial charge in [-0.05, 0) is 49.4 Å². The Kier molecular flexibility index (Phi) is 4.50. The van der Waals surface area contributed by atoms with Gasteiger partial charge in [0, 0.05) is 11.3 Å². The van der Waals surface area contributed by atoms with Gasteiger partial charge in [0.05, 0.1) is 10.6 Å². The number of amides is 1. The highest BCUT2D eigenvalue weighted by Gasteiger charge is 2.22. The van der Waals surface area contributed by atoms with E-state index in [-0.39, 0.29) is 16.4 Å². The fourth-order valence-electron chi connectivity index (χ4n) is 2.32. The molecule has 0 spiro atoms. The van der Waals surface area contributed by atoms with E-state index in [9.17, 15) is 9.18 Å². The van der Waals surface area contributed by atoms with E-state index >= 15 is 0 Å². The van der Waals surface area contributed by atoms with Crippen LogP contribution in [0, 0.1) is 24.1 Å². The molecule has 3 rings (SSSR count). The highest BCUT2D eigenvalue weighted by atomic mass is 35.5. The van der Waals surface area contributed by atoms with Crippen molar-refractivity contribution in [3.8, 4) is 17.3 Å². The van der Waals surface area contributed by atoms with Crippen molar-refractivity contribution < 1.29 is 13.7 Å². The Morgan fingerprint density at radius 3 is 2.64 bits per heavy atom. The number of nitrogens with zero attached hydrogens (tertiary/aromatic N) is 2. The minimum atomic E-state index is -0.446. The van der Waals surface area contributed by atoms with Crippen LogP contribution < -0.4 is 5.32 Å². The maximum atomic E-state index is 13.1. The molecule has 0 saturated carbocycles. The summed E-state index contributed by atoms with van der Waals surface area (Å²) in [6, 6.07) is 12.1. The van der Waals surface area contributed by atoms with Crippen molar-refractivity contribution >= 4 is 23.2 Å². The van der Waals surface area contributed by atoms with Crippen LogP contribution >= 0.6 is 11.6 Å². The van der Waals surface area contributed by atoms with Crippen LogP contribution in [-0.4, -0.2) is 11.1 Å². The molecule has 7 heteroatoms. The molecule has 0 saturated heterocycles. The lowest BCUT2D eigenvalue weighted by Crippen LogP contribution is -2.13. The zero-order chi connectivity index (χ0) is 18.0. The summed E-state index contributed by atoms with van der Waals surface area (Å²) in [6.07, 6.45) is 0. The summed E-state index contributed by atoms with van der Waals surface area (Å²) in [4.78, 5) is 12.6. The first-order valence-corrected chi connectivity index (χ1v) is 7.60. The fraction of sp³-hybridized carbons (Fsp3) is 0.0556. The SMILES string of the molecule is Cc1onc(-c2ccc(F)cc2)c1C(=O)Nc1ccc(C#N)c(Cl)c1. The number of carbonyl (C=O) groups is 1. The third-order valence-electron chi connectivity index (χ3n) is 3.55. The van der Waals surface area contributed by atoms with Gasteiger partial charge in [-0.15, -0.1) is 0 Å². The molecule has 0 atom stereocenters. The number of anilines is 1. The maximum Gasteiger partial charge on any atom is 0.261 e. The number of aryl methyl sites for hydroxylation is 1. The lowest BCUT2D eigenvalue weighted by atomic mass is 10.1. The number of nitrogens with one attached hydrogen (secondary N) is 1. The highest BCUT2D eigenvalue weighted by Crippen LogP contribution is 2.27. The number of nitriles is 1. The predicted octanol–water partition coefficient (Wildman–Crippen LogP) is 4.57. The van der Waals surface area contributed by atoms with Crippen molar-refractivity contribution in [2.24, 2.45) is 0 Å². The quantitative estimate of drug-likeness (QED) is 0.746. The second kappa shape index (κ2) is 6.75. The van der Waals surface area contributed by atoms with Crippen LogP contribution in [0.15, 0.2) is 47.0 Å². The van der Waals surface area contributed by atoms with Crippen LogP contribution in [0.1, 0.15) is 21.7 Å². The second-order valence-corrected chi connectivity index (χ2v) is 5.64. The van der Waals surface area contributed by atoms with Crippen LogP contribution in [0.4, 0.5) is 10.1 Å². The number of aromatic nitrogens is 1. The van der Waals surface area contributed by atoms with Gasteiger partial charge >= 0.3 is 0 Å². The lowest BCUT2D eigenvalue weighted by Gasteiger charge is -2.07. The molecule has 0 aliphatic rings. The molecule has 3 aromatic rings. The van der Waals surface area contributed by atoms with Crippen LogP contribution in [0.25, 0.3) is 11.3 Å². The van der Waals surface area contributed by atoms with Crippen molar-refractivity contribution in [3.63, 3.8) is 0 Å². The molecule has 0 bridgehead atoms. The molecule has 2 aromatic carbocycles. The molecule has 0 aliphatic heterocycles. The Bertz CT molecular complexity index is 991. The zero-order valence-electron chi connectivity index (χ0n) is 13.0. The van der Waals surface area contributed by atoms with Gasteiger partial charge in [-0.2, -0.15) is 5.26 Å². The lowest BCUT2D eigenvalue weighted by molar-refractivity contribution is 0.102. The first-order valence-electron chi connectivity index (χ1n) is 7.23. The largest absolute Gasteiger partial charge is 0.360 e. The van der Waals surface area contributed by atoms with Gasteiger partial charge in [-0.1, -0.05) is 16.8 Å². The topological polar surface area (TPSA) is 78.9 Å². The molecule has 1 N–H and O–H groups in total. The third kappa shape index (κ3) is 3.37. The van der Waals surface area contributed by atoms with Gasteiger partial charge in [-0.25, -0.2) is 4.39 Å². The molecular weight excluding hydrogens is 345 g/mol. The Hall–Kier alpha value is -3.17. The molecular formula is C18H11ClFN3O2. The molecule has 25 heavy (non-hydrogen) atoms. The first kappa shape index (κ1) is 16.7. The molecule has 1 aromatic heterocycles. The molecule has 124 valence electrons. The maximum absolute atomic E-state index is 13.1. The van der Waals surface area contributed by atoms with Gasteiger partial charge in [0.15, 0.2) is 0 Å². The van der Waals surface area contributed by atoms with E-state index in [0.29, 0.717) is 28.3 Å². The minimum Gasteiger partial charge on any atom is -0.360 e. The number of rotatable bonds is 3. The van der Waals surface area contributed by atoms with Crippen molar-refractivity contribution in [1.29, 1.82) is 5.26 Å². The van der Waals surface area contributed by atoms with E-state index in [0.717, 1.165) is 0 Å². The van der Waals surface area contributed by atoms with Crippen LogP contribution in [0.3, 0.4) is 0 Å². The number of benzene rings is 2. The Balaban J connectivity index is 1.93.